The Kier molecular flexibility index (Phi) is 3.72. The van der Waals surface area contributed by atoms with Gasteiger partial charge in [-0.1, -0.05) is 6.07 Å². The fourth-order valence-corrected chi connectivity index (χ4v) is 2.58. The van der Waals surface area contributed by atoms with Gasteiger partial charge in [0.25, 0.3) is 0 Å². The first-order valence-electron chi connectivity index (χ1n) is 7.16. The predicted molar refractivity (Wildman–Crippen MR) is 84.4 cm³/mol. The smallest absolute Gasteiger partial charge is 0.132 e. The van der Waals surface area contributed by atoms with Gasteiger partial charge in [-0.25, -0.2) is 4.98 Å². The lowest BCUT2D eigenvalue weighted by molar-refractivity contribution is 0.578. The van der Waals surface area contributed by atoms with Crippen molar-refractivity contribution in [2.45, 2.75) is 19.3 Å². The zero-order chi connectivity index (χ0) is 13.8. The molecule has 0 bridgehead atoms. The first kappa shape index (κ1) is 12.8. The van der Waals surface area contributed by atoms with Crippen LogP contribution in [0.15, 0.2) is 42.5 Å². The molecule has 3 N–H and O–H groups in total. The fourth-order valence-electron chi connectivity index (χ4n) is 2.58. The number of aromatic nitrogens is 1. The highest BCUT2D eigenvalue weighted by Gasteiger charge is 2.10. The average Bonchev–Trinajstić information content (AvgIpc) is 2.49. The van der Waals surface area contributed by atoms with Gasteiger partial charge >= 0.3 is 0 Å². The maximum Gasteiger partial charge on any atom is 0.132 e. The average molecular weight is 268 g/mol. The van der Waals surface area contributed by atoms with Crippen LogP contribution in [0.25, 0.3) is 0 Å². The van der Waals surface area contributed by atoms with Crippen molar-refractivity contribution in [3.8, 4) is 0 Å². The lowest BCUT2D eigenvalue weighted by Gasteiger charge is -2.28. The Morgan fingerprint density at radius 2 is 1.70 bits per heavy atom. The molecule has 2 heterocycles. The van der Waals surface area contributed by atoms with Crippen LogP contribution in [0.5, 0.6) is 0 Å². The fraction of sp³-hybridized carbons (Fsp3) is 0.312. The SMILES string of the molecule is Nc1cccc(Nc2ccc(N3CCCCC3)cc2)n1. The molecule has 4 nitrogen and oxygen atoms in total. The summed E-state index contributed by atoms with van der Waals surface area (Å²) in [7, 11) is 0. The van der Waals surface area contributed by atoms with Gasteiger partial charge in [0.15, 0.2) is 0 Å². The summed E-state index contributed by atoms with van der Waals surface area (Å²) in [5.41, 5.74) is 8.01. The van der Waals surface area contributed by atoms with Crippen LogP contribution < -0.4 is 16.0 Å². The molecule has 0 atom stereocenters. The lowest BCUT2D eigenvalue weighted by Crippen LogP contribution is -2.29. The molecule has 2 aromatic rings. The number of benzene rings is 1. The molecule has 1 saturated heterocycles. The van der Waals surface area contributed by atoms with Gasteiger partial charge < -0.3 is 16.0 Å². The molecular weight excluding hydrogens is 248 g/mol. The summed E-state index contributed by atoms with van der Waals surface area (Å²) in [5, 5.41) is 3.27. The van der Waals surface area contributed by atoms with E-state index in [9.17, 15) is 0 Å². The molecule has 0 spiro atoms. The molecule has 4 heteroatoms. The van der Waals surface area contributed by atoms with Crippen LogP contribution in [0.2, 0.25) is 0 Å². The molecule has 0 unspecified atom stereocenters. The number of piperidine rings is 1. The van der Waals surface area contributed by atoms with Gasteiger partial charge in [0.05, 0.1) is 0 Å². The number of nitrogen functional groups attached to an aromatic ring is 1. The number of hydrogen-bond acceptors (Lipinski definition) is 4. The van der Waals surface area contributed by atoms with Crippen LogP contribution in [0.1, 0.15) is 19.3 Å². The minimum Gasteiger partial charge on any atom is -0.384 e. The van der Waals surface area contributed by atoms with E-state index < -0.39 is 0 Å². The lowest BCUT2D eigenvalue weighted by atomic mass is 10.1. The molecule has 1 aliphatic heterocycles. The summed E-state index contributed by atoms with van der Waals surface area (Å²) in [5.74, 6) is 1.30. The molecule has 0 amide bonds. The zero-order valence-electron chi connectivity index (χ0n) is 11.5. The molecular formula is C16H20N4. The largest absolute Gasteiger partial charge is 0.384 e. The van der Waals surface area contributed by atoms with Gasteiger partial charge in [0, 0.05) is 24.5 Å². The van der Waals surface area contributed by atoms with Crippen molar-refractivity contribution in [2.75, 3.05) is 29.0 Å². The molecule has 20 heavy (non-hydrogen) atoms. The van der Waals surface area contributed by atoms with E-state index in [2.05, 4.69) is 39.5 Å². The van der Waals surface area contributed by atoms with E-state index in [1.165, 1.54) is 38.0 Å². The maximum absolute atomic E-state index is 5.68. The third kappa shape index (κ3) is 3.02. The highest BCUT2D eigenvalue weighted by molar-refractivity contribution is 5.61. The van der Waals surface area contributed by atoms with E-state index in [0.29, 0.717) is 5.82 Å². The van der Waals surface area contributed by atoms with E-state index in [4.69, 9.17) is 5.73 Å². The molecule has 1 aromatic carbocycles. The summed E-state index contributed by atoms with van der Waals surface area (Å²) in [6.07, 6.45) is 3.96. The first-order valence-corrected chi connectivity index (χ1v) is 7.16. The summed E-state index contributed by atoms with van der Waals surface area (Å²) in [6, 6.07) is 14.1. The summed E-state index contributed by atoms with van der Waals surface area (Å²) in [6.45, 7) is 2.34. The first-order chi connectivity index (χ1) is 9.81. The van der Waals surface area contributed by atoms with Gasteiger partial charge in [-0.15, -0.1) is 0 Å². The zero-order valence-corrected chi connectivity index (χ0v) is 11.5. The molecule has 1 aliphatic rings. The Hall–Kier alpha value is -2.23. The van der Waals surface area contributed by atoms with Gasteiger partial charge in [-0.3, -0.25) is 0 Å². The number of hydrogen-bond donors (Lipinski definition) is 2. The van der Waals surface area contributed by atoms with Crippen molar-refractivity contribution in [1.29, 1.82) is 0 Å². The third-order valence-corrected chi connectivity index (χ3v) is 3.63. The molecule has 1 aromatic heterocycles. The van der Waals surface area contributed by atoms with Crippen LogP contribution >= 0.6 is 0 Å². The quantitative estimate of drug-likeness (QED) is 0.896. The number of rotatable bonds is 3. The maximum atomic E-state index is 5.68. The monoisotopic (exact) mass is 268 g/mol. The van der Waals surface area contributed by atoms with Crippen molar-refractivity contribution in [3.63, 3.8) is 0 Å². The second-order valence-electron chi connectivity index (χ2n) is 5.17. The second-order valence-corrected chi connectivity index (χ2v) is 5.17. The molecule has 3 rings (SSSR count). The number of nitrogens with one attached hydrogen (secondary N) is 1. The Labute approximate surface area is 119 Å². The van der Waals surface area contributed by atoms with E-state index in [1.807, 2.05) is 12.1 Å². The van der Waals surface area contributed by atoms with Gasteiger partial charge in [0.1, 0.15) is 11.6 Å². The van der Waals surface area contributed by atoms with Crippen LogP contribution in [0.4, 0.5) is 23.0 Å². The van der Waals surface area contributed by atoms with E-state index in [1.54, 1.807) is 6.07 Å². The van der Waals surface area contributed by atoms with Crippen molar-refractivity contribution in [1.82, 2.24) is 4.98 Å². The number of anilines is 4. The Morgan fingerprint density at radius 3 is 2.40 bits per heavy atom. The van der Waals surface area contributed by atoms with Crippen LogP contribution in [0.3, 0.4) is 0 Å². The van der Waals surface area contributed by atoms with E-state index in [-0.39, 0.29) is 0 Å². The summed E-state index contributed by atoms with van der Waals surface area (Å²) < 4.78 is 0. The van der Waals surface area contributed by atoms with Gasteiger partial charge in [0.2, 0.25) is 0 Å². The van der Waals surface area contributed by atoms with Crippen LogP contribution in [-0.2, 0) is 0 Å². The minimum absolute atomic E-state index is 0.528. The molecule has 0 radical (unpaired) electrons. The summed E-state index contributed by atoms with van der Waals surface area (Å²) >= 11 is 0. The standard InChI is InChI=1S/C16H20N4/c17-15-5-4-6-16(19-15)18-13-7-9-14(10-8-13)20-11-2-1-3-12-20/h4-10H,1-3,11-12H2,(H3,17,18,19). The van der Waals surface area contributed by atoms with Crippen molar-refractivity contribution in [3.05, 3.63) is 42.5 Å². The molecule has 0 aliphatic carbocycles. The highest BCUT2D eigenvalue weighted by Crippen LogP contribution is 2.23. The van der Waals surface area contributed by atoms with Gasteiger partial charge in [-0.05, 0) is 55.7 Å². The third-order valence-electron chi connectivity index (χ3n) is 3.63. The van der Waals surface area contributed by atoms with E-state index >= 15 is 0 Å². The molecule has 1 fully saturated rings. The Bertz CT molecular complexity index is 559. The minimum atomic E-state index is 0.528. The Morgan fingerprint density at radius 1 is 0.950 bits per heavy atom. The van der Waals surface area contributed by atoms with Crippen molar-refractivity contribution in [2.24, 2.45) is 0 Å². The van der Waals surface area contributed by atoms with Crippen molar-refractivity contribution >= 4 is 23.0 Å². The van der Waals surface area contributed by atoms with Gasteiger partial charge in [-0.2, -0.15) is 0 Å². The van der Waals surface area contributed by atoms with Crippen LogP contribution in [-0.4, -0.2) is 18.1 Å². The Balaban J connectivity index is 1.69. The second kappa shape index (κ2) is 5.82. The van der Waals surface area contributed by atoms with Crippen molar-refractivity contribution < 1.29 is 0 Å². The topological polar surface area (TPSA) is 54.2 Å². The predicted octanol–water partition coefficient (Wildman–Crippen LogP) is 3.40. The number of nitrogens with two attached hydrogens (primary N) is 1. The normalized spacial score (nSPS) is 15.1. The molecule has 104 valence electrons. The number of nitrogens with zero attached hydrogens (tertiary/aromatic N) is 2. The van der Waals surface area contributed by atoms with Crippen LogP contribution in [0, 0.1) is 0 Å². The van der Waals surface area contributed by atoms with E-state index in [0.717, 1.165) is 11.5 Å². The highest BCUT2D eigenvalue weighted by atomic mass is 15.1. The number of pyridine rings is 1. The summed E-state index contributed by atoms with van der Waals surface area (Å²) in [4.78, 5) is 6.69. The molecule has 0 saturated carbocycles.